The third kappa shape index (κ3) is 5.73. The Hall–Kier alpha value is -5.16. The fourth-order valence-electron chi connectivity index (χ4n) is 3.72. The number of ether oxygens (including phenoxy) is 1. The zero-order chi connectivity index (χ0) is 27.5. The highest BCUT2D eigenvalue weighted by molar-refractivity contribution is 6.30. The van der Waals surface area contributed by atoms with E-state index in [1.807, 2.05) is 6.07 Å². The first-order chi connectivity index (χ1) is 18.8. The van der Waals surface area contributed by atoms with Crippen LogP contribution < -0.4 is 21.3 Å². The standard InChI is InChI=1S/C27H22ClN7O4/c1-3-15(2)39-26(37)16-6-4-8-19(10-16)31-23-13-22(30-20-9-5-7-18(28)12-20)33-24-17(14-29-35(23)24)11-21-25(36)34-27(38)32-21/h3-14,31H,1-2H3,(H,30,33)(H2,32,34,36,38)/b15-3+,21-11-. The Morgan fingerprint density at radius 3 is 2.54 bits per heavy atom. The van der Waals surface area contributed by atoms with Gasteiger partial charge >= 0.3 is 12.0 Å². The number of fused-ring (bicyclic) bond motifs is 1. The number of benzene rings is 2. The predicted molar refractivity (Wildman–Crippen MR) is 147 cm³/mol. The minimum absolute atomic E-state index is 0.0713. The van der Waals surface area contributed by atoms with Gasteiger partial charge in [0.05, 0.1) is 11.8 Å². The molecule has 1 fully saturated rings. The monoisotopic (exact) mass is 543 g/mol. The minimum Gasteiger partial charge on any atom is -0.428 e. The molecule has 0 saturated carbocycles. The number of carbonyl (C=O) groups excluding carboxylic acids is 3. The molecule has 2 aromatic carbocycles. The Kier molecular flexibility index (Phi) is 6.98. The number of nitrogens with one attached hydrogen (secondary N) is 4. The molecule has 1 saturated heterocycles. The fourth-order valence-corrected chi connectivity index (χ4v) is 3.91. The number of urea groups is 1. The van der Waals surface area contributed by atoms with E-state index in [4.69, 9.17) is 16.3 Å². The number of carbonyl (C=O) groups is 3. The maximum absolute atomic E-state index is 12.5. The number of hydrogen-bond acceptors (Lipinski definition) is 8. The second kappa shape index (κ2) is 10.7. The molecule has 196 valence electrons. The summed E-state index contributed by atoms with van der Waals surface area (Å²) < 4.78 is 6.86. The molecule has 11 nitrogen and oxygen atoms in total. The molecule has 3 heterocycles. The van der Waals surface area contributed by atoms with Crippen LogP contribution in [0.15, 0.2) is 78.3 Å². The van der Waals surface area contributed by atoms with Crippen molar-refractivity contribution in [1.82, 2.24) is 25.2 Å². The van der Waals surface area contributed by atoms with Crippen LogP contribution in [0.1, 0.15) is 29.8 Å². The molecule has 5 rings (SSSR count). The molecule has 0 atom stereocenters. The van der Waals surface area contributed by atoms with Crippen LogP contribution in [-0.2, 0) is 9.53 Å². The van der Waals surface area contributed by atoms with Crippen LogP contribution in [0, 0.1) is 0 Å². The molecule has 1 aliphatic rings. The van der Waals surface area contributed by atoms with Crippen molar-refractivity contribution in [3.05, 3.63) is 94.5 Å². The van der Waals surface area contributed by atoms with Crippen molar-refractivity contribution in [2.24, 2.45) is 0 Å². The summed E-state index contributed by atoms with van der Waals surface area (Å²) in [6, 6.07) is 15.1. The van der Waals surface area contributed by atoms with Crippen molar-refractivity contribution in [3.63, 3.8) is 0 Å². The highest BCUT2D eigenvalue weighted by atomic mass is 35.5. The molecule has 4 N–H and O–H groups in total. The molecule has 2 aromatic heterocycles. The van der Waals surface area contributed by atoms with E-state index < -0.39 is 17.9 Å². The Bertz CT molecular complexity index is 1690. The second-order valence-electron chi connectivity index (χ2n) is 8.46. The van der Waals surface area contributed by atoms with Crippen LogP contribution in [-0.4, -0.2) is 32.5 Å². The Balaban J connectivity index is 1.55. The zero-order valence-electron chi connectivity index (χ0n) is 20.8. The number of nitrogens with zero attached hydrogens (tertiary/aromatic N) is 3. The molecule has 0 aliphatic carbocycles. The fraction of sp³-hybridized carbons (Fsp3) is 0.0741. The lowest BCUT2D eigenvalue weighted by Crippen LogP contribution is -2.22. The largest absolute Gasteiger partial charge is 0.428 e. The van der Waals surface area contributed by atoms with Gasteiger partial charge in [-0.3, -0.25) is 10.1 Å². The summed E-state index contributed by atoms with van der Waals surface area (Å²) in [5.74, 6) is 0.414. The van der Waals surface area contributed by atoms with Crippen LogP contribution >= 0.6 is 11.6 Å². The summed E-state index contributed by atoms with van der Waals surface area (Å²) in [5.41, 5.74) is 2.61. The lowest BCUT2D eigenvalue weighted by Gasteiger charge is -2.13. The predicted octanol–water partition coefficient (Wildman–Crippen LogP) is 5.13. The van der Waals surface area contributed by atoms with E-state index in [1.165, 1.54) is 12.3 Å². The highest BCUT2D eigenvalue weighted by Crippen LogP contribution is 2.27. The van der Waals surface area contributed by atoms with Gasteiger partial charge in [-0.25, -0.2) is 14.6 Å². The van der Waals surface area contributed by atoms with Gasteiger partial charge in [-0.05, 0) is 62.4 Å². The minimum atomic E-state index is -0.607. The van der Waals surface area contributed by atoms with Gasteiger partial charge in [0.1, 0.15) is 23.1 Å². The van der Waals surface area contributed by atoms with Gasteiger partial charge in [0.15, 0.2) is 5.65 Å². The number of halogens is 1. The first kappa shape index (κ1) is 25.5. The molecule has 0 radical (unpaired) electrons. The van der Waals surface area contributed by atoms with E-state index in [1.54, 1.807) is 73.0 Å². The SMILES string of the molecule is C/C=C(\C)OC(=O)c1cccc(Nc2cc(Nc3cccc(Cl)c3)nc3c(/C=C4\NC(=O)NC4=O)cnn23)c1. The summed E-state index contributed by atoms with van der Waals surface area (Å²) in [6.45, 7) is 3.49. The van der Waals surface area contributed by atoms with E-state index in [-0.39, 0.29) is 5.70 Å². The normalized spacial score (nSPS) is 14.3. The van der Waals surface area contributed by atoms with Gasteiger partial charge in [-0.1, -0.05) is 23.7 Å². The third-order valence-corrected chi connectivity index (χ3v) is 5.88. The number of hydrogen-bond donors (Lipinski definition) is 4. The summed E-state index contributed by atoms with van der Waals surface area (Å²) in [5, 5.41) is 16.1. The Morgan fingerprint density at radius 2 is 1.82 bits per heavy atom. The second-order valence-corrected chi connectivity index (χ2v) is 8.89. The van der Waals surface area contributed by atoms with Crippen LogP contribution in [0.4, 0.5) is 27.8 Å². The lowest BCUT2D eigenvalue weighted by atomic mass is 10.2. The van der Waals surface area contributed by atoms with E-state index in [2.05, 4.69) is 31.3 Å². The van der Waals surface area contributed by atoms with Crippen molar-refractivity contribution in [2.45, 2.75) is 13.8 Å². The summed E-state index contributed by atoms with van der Waals surface area (Å²) in [7, 11) is 0. The van der Waals surface area contributed by atoms with Crippen molar-refractivity contribution in [1.29, 1.82) is 0 Å². The van der Waals surface area contributed by atoms with E-state index in [9.17, 15) is 14.4 Å². The summed E-state index contributed by atoms with van der Waals surface area (Å²) in [4.78, 5) is 40.8. The van der Waals surface area contributed by atoms with Gasteiger partial charge in [-0.15, -0.1) is 0 Å². The van der Waals surface area contributed by atoms with Gasteiger partial charge in [-0.2, -0.15) is 9.61 Å². The first-order valence-corrected chi connectivity index (χ1v) is 12.1. The number of allylic oxidation sites excluding steroid dienone is 2. The number of imide groups is 1. The number of esters is 1. The average molecular weight is 544 g/mol. The quantitative estimate of drug-likeness (QED) is 0.109. The van der Waals surface area contributed by atoms with Crippen LogP contribution in [0.3, 0.4) is 0 Å². The molecular weight excluding hydrogens is 522 g/mol. The topological polar surface area (TPSA) is 139 Å². The molecule has 0 spiro atoms. The Labute approximate surface area is 227 Å². The molecule has 1 aliphatic heterocycles. The third-order valence-electron chi connectivity index (χ3n) is 5.65. The van der Waals surface area contributed by atoms with E-state index in [0.717, 1.165) is 0 Å². The van der Waals surface area contributed by atoms with Crippen molar-refractivity contribution in [3.8, 4) is 0 Å². The van der Waals surface area contributed by atoms with Gasteiger partial charge in [0, 0.05) is 28.0 Å². The lowest BCUT2D eigenvalue weighted by molar-refractivity contribution is -0.115. The summed E-state index contributed by atoms with van der Waals surface area (Å²) in [6.07, 6.45) is 4.71. The maximum Gasteiger partial charge on any atom is 0.343 e. The molecule has 4 aromatic rings. The van der Waals surface area contributed by atoms with Gasteiger partial charge in [0.25, 0.3) is 5.91 Å². The van der Waals surface area contributed by atoms with Crippen LogP contribution in [0.2, 0.25) is 5.02 Å². The summed E-state index contributed by atoms with van der Waals surface area (Å²) >= 11 is 6.15. The molecule has 3 amide bonds. The number of aromatic nitrogens is 3. The smallest absolute Gasteiger partial charge is 0.343 e. The molecule has 0 unspecified atom stereocenters. The number of rotatable bonds is 7. The number of amides is 3. The molecule has 39 heavy (non-hydrogen) atoms. The van der Waals surface area contributed by atoms with Crippen molar-refractivity contribution >= 4 is 64.2 Å². The molecule has 0 bridgehead atoms. The van der Waals surface area contributed by atoms with Crippen molar-refractivity contribution < 1.29 is 19.1 Å². The van der Waals surface area contributed by atoms with Gasteiger partial charge in [0.2, 0.25) is 0 Å². The first-order valence-electron chi connectivity index (χ1n) is 11.8. The van der Waals surface area contributed by atoms with Crippen molar-refractivity contribution in [2.75, 3.05) is 10.6 Å². The highest BCUT2D eigenvalue weighted by Gasteiger charge is 2.24. The maximum atomic E-state index is 12.5. The van der Waals surface area contributed by atoms with E-state index in [0.29, 0.717) is 50.6 Å². The average Bonchev–Trinajstić information content (AvgIpc) is 3.45. The molecule has 12 heteroatoms. The zero-order valence-corrected chi connectivity index (χ0v) is 21.5. The van der Waals surface area contributed by atoms with E-state index >= 15 is 0 Å². The van der Waals surface area contributed by atoms with Crippen LogP contribution in [0.25, 0.3) is 11.7 Å². The molecular formula is C27H22ClN7O4. The number of anilines is 4. The van der Waals surface area contributed by atoms with Crippen LogP contribution in [0.5, 0.6) is 0 Å². The van der Waals surface area contributed by atoms with Gasteiger partial charge < -0.3 is 20.7 Å². The Morgan fingerprint density at radius 1 is 1.05 bits per heavy atom.